The van der Waals surface area contributed by atoms with Crippen molar-refractivity contribution in [3.63, 3.8) is 0 Å². The first kappa shape index (κ1) is 78.2. The molecule has 0 spiro atoms. The molecule has 1 aliphatic heterocycles. The lowest BCUT2D eigenvalue weighted by Crippen LogP contribution is -2.54. The summed E-state index contributed by atoms with van der Waals surface area (Å²) in [6.07, 6.45) is 0.591. The van der Waals surface area contributed by atoms with Crippen molar-refractivity contribution in [3.8, 4) is 5.75 Å². The highest BCUT2D eigenvalue weighted by molar-refractivity contribution is 8.08. The van der Waals surface area contributed by atoms with Gasteiger partial charge in [0.15, 0.2) is 17.4 Å². The molecule has 5 unspecified atom stereocenters. The van der Waals surface area contributed by atoms with Gasteiger partial charge in [0.25, 0.3) is 23.6 Å². The largest absolute Gasteiger partial charge is 0.485 e. The number of likely N-dealkylation sites (N-methyl/N-ethyl adjacent to an activating group) is 2. The van der Waals surface area contributed by atoms with Crippen LogP contribution in [-0.4, -0.2) is 188 Å². The Kier molecular flexibility index (Phi) is 31.7. The molecule has 0 saturated heterocycles. The standard InChI is InChI=1S/C67H87F2N9O16S2/c1-13-41(7)57(51(14-2)89-12)76(10)54(81)36-73-64(85)56(40(5)6)77(11)67(88)94-37-42-15-21-45(22-16-42)74-52(79)35-72-63(84)55(39(3)4)75-53(80)38-92-30-29-90-27-28-91-31-32-93-58-49(68)33-46(34-50(58)69)78-65(86)59(95-47-23-17-43(18-24-47)61(82)70-8)60(66(78)87)96-48-25-19-44(20-26-48)62(83)71-9/h15-26,33-34,39-41,51,55-57H,13-14,27-32,35-38H2,1-12H3,(H,70,82)(H,71,83)(H,72,84)(H,73,85)(H,74,79)(H,75,80). The second kappa shape index (κ2) is 38.9. The first-order valence-corrected chi connectivity index (χ1v) is 32.8. The Morgan fingerprint density at radius 3 is 1.60 bits per heavy atom. The van der Waals surface area contributed by atoms with Gasteiger partial charge in [0.1, 0.15) is 31.9 Å². The molecule has 0 aliphatic carbocycles. The summed E-state index contributed by atoms with van der Waals surface area (Å²) in [6.45, 7) is 11.6. The molecule has 522 valence electrons. The van der Waals surface area contributed by atoms with Gasteiger partial charge in [-0.1, -0.05) is 90.5 Å². The molecule has 0 bridgehead atoms. The fourth-order valence-electron chi connectivity index (χ4n) is 9.95. The van der Waals surface area contributed by atoms with Crippen LogP contribution in [0.3, 0.4) is 0 Å². The molecule has 0 radical (unpaired) electrons. The van der Waals surface area contributed by atoms with Gasteiger partial charge in [-0.05, 0) is 90.4 Å². The average molecular weight is 1380 g/mol. The summed E-state index contributed by atoms with van der Waals surface area (Å²) in [4.78, 5) is 135. The van der Waals surface area contributed by atoms with E-state index in [4.69, 9.17) is 28.4 Å². The van der Waals surface area contributed by atoms with Gasteiger partial charge < -0.3 is 65.2 Å². The summed E-state index contributed by atoms with van der Waals surface area (Å²) in [5.41, 5.74) is 1.28. The molecule has 0 saturated carbocycles. The monoisotopic (exact) mass is 1380 g/mol. The van der Waals surface area contributed by atoms with Gasteiger partial charge in [-0.3, -0.25) is 48.1 Å². The summed E-state index contributed by atoms with van der Waals surface area (Å²) in [5.74, 6) is -8.62. The number of nitrogens with one attached hydrogen (secondary N) is 6. The number of benzene rings is 4. The minimum absolute atomic E-state index is 0.00159. The number of methoxy groups -OCH3 is 1. The van der Waals surface area contributed by atoms with Crippen LogP contribution in [0.2, 0.25) is 0 Å². The molecule has 25 nitrogen and oxygen atoms in total. The first-order chi connectivity index (χ1) is 45.8. The molecule has 0 aromatic heterocycles. The normalized spacial score (nSPS) is 13.7. The van der Waals surface area contributed by atoms with Crippen LogP contribution in [0.4, 0.5) is 25.0 Å². The van der Waals surface area contributed by atoms with Crippen molar-refractivity contribution >= 4 is 94.2 Å². The van der Waals surface area contributed by atoms with Gasteiger partial charge in [0.2, 0.25) is 29.5 Å². The highest BCUT2D eigenvalue weighted by Gasteiger charge is 2.42. The van der Waals surface area contributed by atoms with Crippen LogP contribution in [0.25, 0.3) is 0 Å². The number of amides is 10. The molecule has 4 aromatic rings. The van der Waals surface area contributed by atoms with Crippen LogP contribution in [0, 0.1) is 29.4 Å². The Morgan fingerprint density at radius 2 is 1.12 bits per heavy atom. The Hall–Kier alpha value is -8.48. The average Bonchev–Trinajstić information content (AvgIpc) is 1.61. The van der Waals surface area contributed by atoms with Crippen molar-refractivity contribution in [3.05, 3.63) is 123 Å². The van der Waals surface area contributed by atoms with Crippen LogP contribution in [0.1, 0.15) is 87.6 Å². The molecular weight excluding hydrogens is 1290 g/mol. The van der Waals surface area contributed by atoms with E-state index in [-0.39, 0.29) is 110 Å². The molecule has 5 atom stereocenters. The Bertz CT molecular complexity index is 3270. The zero-order chi connectivity index (χ0) is 70.8. The van der Waals surface area contributed by atoms with Gasteiger partial charge >= 0.3 is 6.09 Å². The summed E-state index contributed by atoms with van der Waals surface area (Å²) >= 11 is 1.87. The van der Waals surface area contributed by atoms with Crippen molar-refractivity contribution in [2.75, 3.05) is 105 Å². The fourth-order valence-corrected chi connectivity index (χ4v) is 11.9. The maximum Gasteiger partial charge on any atom is 0.410 e. The Labute approximate surface area is 566 Å². The van der Waals surface area contributed by atoms with Gasteiger partial charge in [-0.15, -0.1) is 0 Å². The van der Waals surface area contributed by atoms with Crippen LogP contribution < -0.4 is 41.5 Å². The van der Waals surface area contributed by atoms with E-state index in [0.717, 1.165) is 42.1 Å². The Morgan fingerprint density at radius 1 is 0.615 bits per heavy atom. The van der Waals surface area contributed by atoms with Crippen molar-refractivity contribution < 1.29 is 85.1 Å². The SMILES string of the molecule is CCC(C)C(C(CC)OC)N(C)C(=O)CNC(=O)C(C(C)C)N(C)C(=O)OCc1ccc(NC(=O)CNC(=O)C(NC(=O)COCCOCCOCCOc2c(F)cc(N3C(=O)C(Sc4ccc(C(=O)NC)cc4)=C(Sc4ccc(C(=O)NC)cc4)C3=O)cc2F)C(C)C)cc1. The van der Waals surface area contributed by atoms with E-state index in [2.05, 4.69) is 38.8 Å². The van der Waals surface area contributed by atoms with Crippen molar-refractivity contribution in [2.24, 2.45) is 17.8 Å². The third-order valence-corrected chi connectivity index (χ3v) is 17.6. The van der Waals surface area contributed by atoms with Crippen LogP contribution in [0.15, 0.2) is 105 Å². The predicted octanol–water partition coefficient (Wildman–Crippen LogP) is 6.69. The number of imide groups is 1. The molecule has 0 fully saturated rings. The number of hydrogen-bond donors (Lipinski definition) is 6. The number of anilines is 2. The maximum atomic E-state index is 15.6. The van der Waals surface area contributed by atoms with Crippen LogP contribution in [0.5, 0.6) is 5.75 Å². The van der Waals surface area contributed by atoms with Gasteiger partial charge in [-0.25, -0.2) is 18.5 Å². The number of nitrogens with zero attached hydrogens (tertiary/aromatic N) is 3. The van der Waals surface area contributed by atoms with Gasteiger partial charge in [-0.2, -0.15) is 0 Å². The number of carbonyl (C=O) groups excluding carboxylic acids is 10. The van der Waals surface area contributed by atoms with Gasteiger partial charge in [0.05, 0.1) is 73.8 Å². The third-order valence-electron chi connectivity index (χ3n) is 15.3. The topological polar surface area (TPSA) is 308 Å². The van der Waals surface area contributed by atoms with E-state index >= 15 is 8.78 Å². The van der Waals surface area contributed by atoms with E-state index in [1.54, 1.807) is 120 Å². The Balaban J connectivity index is 0.975. The summed E-state index contributed by atoms with van der Waals surface area (Å²) < 4.78 is 64.0. The van der Waals surface area contributed by atoms with Crippen molar-refractivity contribution in [1.29, 1.82) is 0 Å². The minimum atomic E-state index is -1.19. The summed E-state index contributed by atoms with van der Waals surface area (Å²) in [5, 5.41) is 15.6. The second-order valence-corrected chi connectivity index (χ2v) is 24.9. The van der Waals surface area contributed by atoms with Gasteiger partial charge in [0, 0.05) is 74.0 Å². The number of hydrogen-bond acceptors (Lipinski definition) is 18. The number of halogens is 2. The lowest BCUT2D eigenvalue weighted by Gasteiger charge is -2.37. The molecule has 96 heavy (non-hydrogen) atoms. The molecule has 1 aliphatic rings. The number of thioether (sulfide) groups is 2. The molecule has 6 N–H and O–H groups in total. The molecule has 29 heteroatoms. The lowest BCUT2D eigenvalue weighted by molar-refractivity contribution is -0.138. The number of carbonyl (C=O) groups is 10. The van der Waals surface area contributed by atoms with E-state index in [1.165, 1.54) is 26.0 Å². The van der Waals surface area contributed by atoms with Crippen molar-refractivity contribution in [2.45, 2.75) is 102 Å². The first-order valence-electron chi connectivity index (χ1n) is 31.2. The van der Waals surface area contributed by atoms with E-state index in [0.29, 0.717) is 43.5 Å². The molecule has 10 amide bonds. The zero-order valence-corrected chi connectivity index (χ0v) is 57.7. The minimum Gasteiger partial charge on any atom is -0.485 e. The fraction of sp³-hybridized carbons (Fsp3) is 0.463. The summed E-state index contributed by atoms with van der Waals surface area (Å²) in [7, 11) is 7.72. The highest BCUT2D eigenvalue weighted by atomic mass is 32.2. The maximum absolute atomic E-state index is 15.6. The molecule has 1 heterocycles. The van der Waals surface area contributed by atoms with E-state index in [9.17, 15) is 47.9 Å². The lowest BCUT2D eigenvalue weighted by atomic mass is 9.91. The van der Waals surface area contributed by atoms with E-state index in [1.807, 2.05) is 13.8 Å². The molecule has 5 rings (SSSR count). The third kappa shape index (κ3) is 22.6. The summed E-state index contributed by atoms with van der Waals surface area (Å²) in [6, 6.07) is 18.4. The van der Waals surface area contributed by atoms with Crippen LogP contribution in [-0.2, 0) is 63.9 Å². The van der Waals surface area contributed by atoms with Crippen molar-refractivity contribution in [1.82, 2.24) is 36.4 Å². The quantitative estimate of drug-likeness (QED) is 0.0201. The molecular formula is C67H87F2N9O16S2. The molecule has 4 aromatic carbocycles. The predicted molar refractivity (Wildman–Crippen MR) is 357 cm³/mol. The van der Waals surface area contributed by atoms with E-state index < -0.39 is 89.8 Å². The van der Waals surface area contributed by atoms with Crippen LogP contribution >= 0.6 is 23.5 Å². The smallest absolute Gasteiger partial charge is 0.410 e. The number of rotatable bonds is 38. The zero-order valence-electron chi connectivity index (χ0n) is 56.1. The highest BCUT2D eigenvalue weighted by Crippen LogP contribution is 2.45. The number of ether oxygens (including phenoxy) is 6. The second-order valence-electron chi connectivity index (χ2n) is 22.8.